The lowest BCUT2D eigenvalue weighted by Gasteiger charge is -2.33. The Balaban J connectivity index is 1.47. The zero-order valence-corrected chi connectivity index (χ0v) is 18.0. The number of nitrogens with two attached hydrogens (primary N) is 1. The quantitative estimate of drug-likeness (QED) is 0.711. The number of aromatic nitrogens is 5. The first-order valence-electron chi connectivity index (χ1n) is 10.3. The van der Waals surface area contributed by atoms with E-state index < -0.39 is 5.60 Å². The fourth-order valence-corrected chi connectivity index (χ4v) is 3.85. The minimum absolute atomic E-state index is 0.231. The summed E-state index contributed by atoms with van der Waals surface area (Å²) in [6.07, 6.45) is 7.94. The first-order valence-corrected chi connectivity index (χ1v) is 10.3. The number of amides is 1. The molecule has 0 saturated carbocycles. The van der Waals surface area contributed by atoms with E-state index in [1.165, 1.54) is 0 Å². The minimum Gasteiger partial charge on any atom is -0.444 e. The topological polar surface area (TPSA) is 104 Å². The van der Waals surface area contributed by atoms with E-state index in [1.54, 1.807) is 26.5 Å². The number of nitrogen functional groups attached to an aromatic ring is 1. The Morgan fingerprint density at radius 2 is 1.97 bits per heavy atom. The number of fused-ring (bicyclic) bond motifs is 1. The largest absolute Gasteiger partial charge is 0.444 e. The molecule has 0 radical (unpaired) electrons. The second-order valence-corrected chi connectivity index (χ2v) is 8.98. The molecule has 0 unspecified atom stereocenters. The Bertz CT molecular complexity index is 1060. The fraction of sp³-hybridized carbons (Fsp3) is 0.524. The summed E-state index contributed by atoms with van der Waals surface area (Å²) in [7, 11) is 1.88. The highest BCUT2D eigenvalue weighted by molar-refractivity contribution is 5.77. The molecular formula is C21H29N7O2. The molecule has 1 fully saturated rings. The number of hydrogen-bond donors (Lipinski definition) is 1. The van der Waals surface area contributed by atoms with Crippen LogP contribution in [-0.4, -0.2) is 54.1 Å². The molecule has 0 aromatic carbocycles. The van der Waals surface area contributed by atoms with Gasteiger partial charge in [0.1, 0.15) is 11.4 Å². The smallest absolute Gasteiger partial charge is 0.410 e. The first-order chi connectivity index (χ1) is 14.2. The molecule has 30 heavy (non-hydrogen) atoms. The SMILES string of the molecule is Cn1cc(-c2cnn3c(N)cc(CC4CCN(C(=O)OC(C)(C)C)CC4)nc23)cn1. The second kappa shape index (κ2) is 7.62. The first kappa shape index (κ1) is 20.2. The van der Waals surface area contributed by atoms with Crippen molar-refractivity contribution in [2.24, 2.45) is 13.0 Å². The summed E-state index contributed by atoms with van der Waals surface area (Å²) in [5.41, 5.74) is 9.34. The van der Waals surface area contributed by atoms with Gasteiger partial charge < -0.3 is 15.4 Å². The predicted molar refractivity (Wildman–Crippen MR) is 114 cm³/mol. The van der Waals surface area contributed by atoms with Crippen LogP contribution in [0.3, 0.4) is 0 Å². The van der Waals surface area contributed by atoms with Crippen molar-refractivity contribution in [3.8, 4) is 11.1 Å². The third-order valence-electron chi connectivity index (χ3n) is 5.33. The number of likely N-dealkylation sites (tertiary alicyclic amines) is 1. The summed E-state index contributed by atoms with van der Waals surface area (Å²) in [5.74, 6) is 1.01. The van der Waals surface area contributed by atoms with E-state index >= 15 is 0 Å². The minimum atomic E-state index is -0.470. The number of carbonyl (C=O) groups excluding carboxylic acids is 1. The van der Waals surface area contributed by atoms with E-state index in [0.29, 0.717) is 24.8 Å². The predicted octanol–water partition coefficient (Wildman–Crippen LogP) is 2.90. The van der Waals surface area contributed by atoms with E-state index in [2.05, 4.69) is 10.2 Å². The van der Waals surface area contributed by atoms with Gasteiger partial charge in [0.15, 0.2) is 5.65 Å². The van der Waals surface area contributed by atoms with Crippen LogP contribution in [0.2, 0.25) is 0 Å². The van der Waals surface area contributed by atoms with Crippen molar-refractivity contribution in [3.05, 3.63) is 30.4 Å². The van der Waals surface area contributed by atoms with Gasteiger partial charge in [0.25, 0.3) is 0 Å². The molecule has 1 saturated heterocycles. The number of ether oxygens (including phenoxy) is 1. The van der Waals surface area contributed by atoms with Crippen LogP contribution in [0.25, 0.3) is 16.8 Å². The lowest BCUT2D eigenvalue weighted by Crippen LogP contribution is -2.42. The van der Waals surface area contributed by atoms with Crippen molar-refractivity contribution in [1.29, 1.82) is 0 Å². The Labute approximate surface area is 175 Å². The maximum atomic E-state index is 12.3. The monoisotopic (exact) mass is 411 g/mol. The average Bonchev–Trinajstić information content (AvgIpc) is 3.27. The third-order valence-corrected chi connectivity index (χ3v) is 5.33. The Hall–Kier alpha value is -3.10. The standard InChI is InChI=1S/C21H29N7O2/c1-21(2,3)30-20(29)27-7-5-14(6-8-27)9-16-10-18(22)28-19(25-16)17(12-24-28)15-11-23-26(4)13-15/h10-14H,5-9,22H2,1-4H3. The van der Waals surface area contributed by atoms with Crippen LogP contribution in [0.1, 0.15) is 39.3 Å². The number of nitrogens with zero attached hydrogens (tertiary/aromatic N) is 6. The molecule has 3 aromatic heterocycles. The van der Waals surface area contributed by atoms with Crippen molar-refractivity contribution in [1.82, 2.24) is 29.3 Å². The summed E-state index contributed by atoms with van der Waals surface area (Å²) in [4.78, 5) is 18.9. The molecule has 1 aliphatic rings. The van der Waals surface area contributed by atoms with Crippen LogP contribution in [0.15, 0.2) is 24.7 Å². The molecule has 9 nitrogen and oxygen atoms in total. The van der Waals surface area contributed by atoms with Crippen LogP contribution in [0.4, 0.5) is 10.6 Å². The highest BCUT2D eigenvalue weighted by Crippen LogP contribution is 2.27. The van der Waals surface area contributed by atoms with E-state index in [9.17, 15) is 4.79 Å². The summed E-state index contributed by atoms with van der Waals surface area (Å²) >= 11 is 0. The van der Waals surface area contributed by atoms with Crippen LogP contribution in [0.5, 0.6) is 0 Å². The third kappa shape index (κ3) is 4.24. The average molecular weight is 412 g/mol. The number of carbonyl (C=O) groups is 1. The van der Waals surface area contributed by atoms with Gasteiger partial charge in [-0.05, 0) is 46.0 Å². The number of aryl methyl sites for hydroxylation is 1. The number of rotatable bonds is 3. The maximum Gasteiger partial charge on any atom is 0.410 e. The van der Waals surface area contributed by atoms with E-state index in [0.717, 1.165) is 41.7 Å². The maximum absolute atomic E-state index is 12.3. The molecule has 1 amide bonds. The van der Waals surface area contributed by atoms with Gasteiger partial charge in [-0.3, -0.25) is 4.68 Å². The molecule has 9 heteroatoms. The normalized spacial score (nSPS) is 15.7. The zero-order chi connectivity index (χ0) is 21.5. The van der Waals surface area contributed by atoms with Gasteiger partial charge in [-0.15, -0.1) is 0 Å². The van der Waals surface area contributed by atoms with Crippen molar-refractivity contribution < 1.29 is 9.53 Å². The lowest BCUT2D eigenvalue weighted by atomic mass is 9.92. The highest BCUT2D eigenvalue weighted by Gasteiger charge is 2.27. The molecule has 4 heterocycles. The van der Waals surface area contributed by atoms with Gasteiger partial charge in [-0.2, -0.15) is 14.7 Å². The molecule has 1 aliphatic heterocycles. The summed E-state index contributed by atoms with van der Waals surface area (Å²) in [5, 5.41) is 8.62. The highest BCUT2D eigenvalue weighted by atomic mass is 16.6. The fourth-order valence-electron chi connectivity index (χ4n) is 3.85. The van der Waals surface area contributed by atoms with E-state index in [4.69, 9.17) is 15.5 Å². The molecule has 160 valence electrons. The van der Waals surface area contributed by atoms with Crippen molar-refractivity contribution in [3.63, 3.8) is 0 Å². The number of hydrogen-bond acceptors (Lipinski definition) is 6. The Morgan fingerprint density at radius 1 is 1.23 bits per heavy atom. The molecule has 3 aromatic rings. The van der Waals surface area contributed by atoms with Gasteiger partial charge in [0.2, 0.25) is 0 Å². The summed E-state index contributed by atoms with van der Waals surface area (Å²) in [6, 6.07) is 1.90. The van der Waals surface area contributed by atoms with Crippen LogP contribution in [-0.2, 0) is 18.2 Å². The molecule has 0 aliphatic carbocycles. The zero-order valence-electron chi connectivity index (χ0n) is 18.0. The molecule has 2 N–H and O–H groups in total. The number of piperidine rings is 1. The molecule has 0 atom stereocenters. The molecule has 4 rings (SSSR count). The van der Waals surface area contributed by atoms with Crippen LogP contribution >= 0.6 is 0 Å². The summed E-state index contributed by atoms with van der Waals surface area (Å²) < 4.78 is 8.90. The van der Waals surface area contributed by atoms with Gasteiger partial charge in [0, 0.05) is 49.2 Å². The van der Waals surface area contributed by atoms with Crippen molar-refractivity contribution in [2.45, 2.75) is 45.6 Å². The van der Waals surface area contributed by atoms with Gasteiger partial charge in [-0.25, -0.2) is 9.78 Å². The second-order valence-electron chi connectivity index (χ2n) is 8.98. The van der Waals surface area contributed by atoms with Gasteiger partial charge >= 0.3 is 6.09 Å². The van der Waals surface area contributed by atoms with Crippen molar-refractivity contribution in [2.75, 3.05) is 18.8 Å². The Kier molecular flexibility index (Phi) is 5.13. The molecule has 0 bridgehead atoms. The Morgan fingerprint density at radius 3 is 2.60 bits per heavy atom. The van der Waals surface area contributed by atoms with Gasteiger partial charge in [-0.1, -0.05) is 0 Å². The van der Waals surface area contributed by atoms with Crippen LogP contribution < -0.4 is 5.73 Å². The summed E-state index contributed by atoms with van der Waals surface area (Å²) in [6.45, 7) is 7.07. The van der Waals surface area contributed by atoms with E-state index in [-0.39, 0.29) is 6.09 Å². The van der Waals surface area contributed by atoms with Gasteiger partial charge in [0.05, 0.1) is 12.4 Å². The van der Waals surface area contributed by atoms with Crippen molar-refractivity contribution >= 4 is 17.6 Å². The number of anilines is 1. The van der Waals surface area contributed by atoms with E-state index in [1.807, 2.05) is 40.1 Å². The molecule has 0 spiro atoms. The van der Waals surface area contributed by atoms with Crippen LogP contribution in [0, 0.1) is 5.92 Å². The lowest BCUT2D eigenvalue weighted by molar-refractivity contribution is 0.0184. The molecular weight excluding hydrogens is 382 g/mol.